The maximum absolute atomic E-state index is 12.9. The summed E-state index contributed by atoms with van der Waals surface area (Å²) in [4.78, 5) is 39.5. The lowest BCUT2D eigenvalue weighted by Gasteiger charge is -2.19. The Hall–Kier alpha value is -1.95. The highest BCUT2D eigenvalue weighted by atomic mass is 32.1. The highest BCUT2D eigenvalue weighted by molar-refractivity contribution is 7.10. The number of aryl methyl sites for hydroxylation is 1. The van der Waals surface area contributed by atoms with Crippen molar-refractivity contribution >= 4 is 29.1 Å². The van der Waals surface area contributed by atoms with Crippen LogP contribution in [0, 0.1) is 23.7 Å². The molecule has 5 nitrogen and oxygen atoms in total. The number of nitrogens with one attached hydrogen (secondary N) is 1. The number of carbonyl (C=O) groups is 3. The van der Waals surface area contributed by atoms with Gasteiger partial charge in [0, 0.05) is 10.3 Å². The molecule has 1 aliphatic heterocycles. The summed E-state index contributed by atoms with van der Waals surface area (Å²) in [5.41, 5.74) is 5.65. The second-order valence-corrected chi connectivity index (χ2v) is 8.80. The molecule has 3 aliphatic rings. The van der Waals surface area contributed by atoms with Gasteiger partial charge in [-0.25, -0.2) is 0 Å². The number of amides is 3. The SMILES string of the molecule is CCCc1cc(C(=O)NN2C(=O)[C@@H]3[C@H](C2=O)[C@H]2CC[C@@H]3C2=C(C)C)cs1. The van der Waals surface area contributed by atoms with E-state index < -0.39 is 0 Å². The molecule has 0 aromatic carbocycles. The van der Waals surface area contributed by atoms with E-state index in [1.807, 2.05) is 6.07 Å². The lowest BCUT2D eigenvalue weighted by atomic mass is 9.81. The van der Waals surface area contributed by atoms with Crippen molar-refractivity contribution in [2.75, 3.05) is 0 Å². The zero-order chi connectivity index (χ0) is 18.6. The number of hydrogen-bond acceptors (Lipinski definition) is 4. The van der Waals surface area contributed by atoms with Crippen LogP contribution in [-0.4, -0.2) is 22.7 Å². The fraction of sp³-hybridized carbons (Fsp3) is 0.550. The molecule has 0 radical (unpaired) electrons. The molecule has 26 heavy (non-hydrogen) atoms. The normalized spacial score (nSPS) is 29.5. The summed E-state index contributed by atoms with van der Waals surface area (Å²) in [5.74, 6) is -1.07. The van der Waals surface area contributed by atoms with Gasteiger partial charge in [-0.3, -0.25) is 19.8 Å². The quantitative estimate of drug-likeness (QED) is 0.651. The first-order valence-electron chi connectivity index (χ1n) is 9.37. The molecule has 1 saturated heterocycles. The third-order valence-electron chi connectivity index (χ3n) is 6.06. The fourth-order valence-corrected chi connectivity index (χ4v) is 6.12. The second kappa shape index (κ2) is 6.34. The largest absolute Gasteiger partial charge is 0.272 e. The van der Waals surface area contributed by atoms with Gasteiger partial charge in [0.05, 0.1) is 17.4 Å². The molecular formula is C20H24N2O3S. The molecule has 6 heteroatoms. The molecule has 2 saturated carbocycles. The third-order valence-corrected chi connectivity index (χ3v) is 7.05. The number of allylic oxidation sites excluding steroid dienone is 2. The topological polar surface area (TPSA) is 66.5 Å². The number of imide groups is 1. The van der Waals surface area contributed by atoms with Gasteiger partial charge >= 0.3 is 0 Å². The lowest BCUT2D eigenvalue weighted by molar-refractivity contribution is -0.143. The Morgan fingerprint density at radius 3 is 2.35 bits per heavy atom. The van der Waals surface area contributed by atoms with Crippen LogP contribution in [0.1, 0.15) is 55.3 Å². The van der Waals surface area contributed by atoms with E-state index in [-0.39, 0.29) is 41.4 Å². The maximum atomic E-state index is 12.9. The first kappa shape index (κ1) is 17.5. The van der Waals surface area contributed by atoms with Crippen LogP contribution in [0.2, 0.25) is 0 Å². The molecule has 4 atom stereocenters. The van der Waals surface area contributed by atoms with Crippen molar-refractivity contribution in [2.24, 2.45) is 23.7 Å². The van der Waals surface area contributed by atoms with E-state index in [1.54, 1.807) is 5.38 Å². The second-order valence-electron chi connectivity index (χ2n) is 7.80. The summed E-state index contributed by atoms with van der Waals surface area (Å²) in [7, 11) is 0. The number of fused-ring (bicyclic) bond motifs is 5. The van der Waals surface area contributed by atoms with Gasteiger partial charge in [-0.15, -0.1) is 11.3 Å². The van der Waals surface area contributed by atoms with E-state index >= 15 is 0 Å². The standard InChI is InChI=1S/C20H24N2O3S/c1-4-5-12-8-11(9-26-12)18(23)21-22-19(24)16-13-6-7-14(15(13)10(2)3)17(16)20(22)25/h8-9,13-14,16-17H,4-7H2,1-3H3,(H,21,23)/t13-,14+,16+,17-. The van der Waals surface area contributed by atoms with Crippen molar-refractivity contribution in [1.29, 1.82) is 0 Å². The minimum Gasteiger partial charge on any atom is -0.272 e. The van der Waals surface area contributed by atoms with Gasteiger partial charge in [0.25, 0.3) is 17.7 Å². The van der Waals surface area contributed by atoms with E-state index in [0.717, 1.165) is 35.6 Å². The monoisotopic (exact) mass is 372 g/mol. The summed E-state index contributed by atoms with van der Waals surface area (Å²) < 4.78 is 0. The van der Waals surface area contributed by atoms with Gasteiger partial charge < -0.3 is 0 Å². The van der Waals surface area contributed by atoms with E-state index in [9.17, 15) is 14.4 Å². The number of thiophene rings is 1. The van der Waals surface area contributed by atoms with E-state index in [0.29, 0.717) is 5.56 Å². The summed E-state index contributed by atoms with van der Waals surface area (Å²) in [6.45, 7) is 6.23. The van der Waals surface area contributed by atoms with Crippen molar-refractivity contribution in [2.45, 2.75) is 46.5 Å². The minimum atomic E-state index is -0.375. The maximum Gasteiger partial charge on any atom is 0.271 e. The molecular weight excluding hydrogens is 348 g/mol. The molecule has 138 valence electrons. The minimum absolute atomic E-state index is 0.172. The molecule has 1 aromatic rings. The molecule has 2 aliphatic carbocycles. The Balaban J connectivity index is 1.53. The number of hydrogen-bond donors (Lipinski definition) is 1. The number of nitrogens with zero attached hydrogens (tertiary/aromatic N) is 1. The third kappa shape index (κ3) is 2.46. The van der Waals surface area contributed by atoms with E-state index in [1.165, 1.54) is 22.5 Å². The average Bonchev–Trinajstić information content (AvgIpc) is 3.34. The molecule has 0 spiro atoms. The van der Waals surface area contributed by atoms with Crippen LogP contribution >= 0.6 is 11.3 Å². The van der Waals surface area contributed by atoms with Crippen molar-refractivity contribution < 1.29 is 14.4 Å². The Bertz CT molecular complexity index is 789. The van der Waals surface area contributed by atoms with Gasteiger partial charge in [0.1, 0.15) is 0 Å². The van der Waals surface area contributed by atoms with Crippen LogP contribution in [0.25, 0.3) is 0 Å². The van der Waals surface area contributed by atoms with Gasteiger partial charge in [0.15, 0.2) is 0 Å². The molecule has 1 N–H and O–H groups in total. The first-order valence-corrected chi connectivity index (χ1v) is 10.3. The van der Waals surface area contributed by atoms with E-state index in [4.69, 9.17) is 0 Å². The summed E-state index contributed by atoms with van der Waals surface area (Å²) in [6.07, 6.45) is 3.89. The van der Waals surface area contributed by atoms with Crippen LogP contribution in [0.5, 0.6) is 0 Å². The smallest absolute Gasteiger partial charge is 0.271 e. The van der Waals surface area contributed by atoms with E-state index in [2.05, 4.69) is 26.2 Å². The Morgan fingerprint density at radius 1 is 1.19 bits per heavy atom. The molecule has 0 unspecified atom stereocenters. The highest BCUT2D eigenvalue weighted by Crippen LogP contribution is 2.59. The Labute approximate surface area is 157 Å². The molecule has 2 heterocycles. The summed E-state index contributed by atoms with van der Waals surface area (Å²) in [6, 6.07) is 1.85. The number of carbonyl (C=O) groups excluding carboxylic acids is 3. The summed E-state index contributed by atoms with van der Waals surface area (Å²) >= 11 is 1.54. The van der Waals surface area contributed by atoms with Gasteiger partial charge in [-0.05, 0) is 51.0 Å². The van der Waals surface area contributed by atoms with Gasteiger partial charge in [-0.2, -0.15) is 5.01 Å². The predicted molar refractivity (Wildman–Crippen MR) is 99.2 cm³/mol. The highest BCUT2D eigenvalue weighted by Gasteiger charge is 2.63. The molecule has 1 aromatic heterocycles. The van der Waals surface area contributed by atoms with Crippen LogP contribution in [-0.2, 0) is 16.0 Å². The predicted octanol–water partition coefficient (Wildman–Crippen LogP) is 3.32. The Morgan fingerprint density at radius 2 is 1.81 bits per heavy atom. The molecule has 4 rings (SSSR count). The van der Waals surface area contributed by atoms with Crippen molar-refractivity contribution in [3.8, 4) is 0 Å². The van der Waals surface area contributed by atoms with Crippen LogP contribution in [0.15, 0.2) is 22.6 Å². The first-order chi connectivity index (χ1) is 12.4. The molecule has 3 amide bonds. The van der Waals surface area contributed by atoms with Gasteiger partial charge in [-0.1, -0.05) is 24.5 Å². The van der Waals surface area contributed by atoms with Crippen molar-refractivity contribution in [3.63, 3.8) is 0 Å². The van der Waals surface area contributed by atoms with Crippen LogP contribution < -0.4 is 5.43 Å². The van der Waals surface area contributed by atoms with Crippen molar-refractivity contribution in [3.05, 3.63) is 33.0 Å². The summed E-state index contributed by atoms with van der Waals surface area (Å²) in [5, 5.41) is 2.79. The Kier molecular flexibility index (Phi) is 4.26. The van der Waals surface area contributed by atoms with Crippen molar-refractivity contribution in [1.82, 2.24) is 10.4 Å². The lowest BCUT2D eigenvalue weighted by Crippen LogP contribution is -2.47. The number of rotatable bonds is 4. The van der Waals surface area contributed by atoms with Crippen LogP contribution in [0.3, 0.4) is 0 Å². The fourth-order valence-electron chi connectivity index (χ4n) is 5.14. The number of hydrazine groups is 1. The zero-order valence-corrected chi connectivity index (χ0v) is 16.2. The van der Waals surface area contributed by atoms with Gasteiger partial charge in [0.2, 0.25) is 0 Å². The molecule has 2 bridgehead atoms. The zero-order valence-electron chi connectivity index (χ0n) is 15.4. The molecule has 3 fully saturated rings. The van der Waals surface area contributed by atoms with Crippen LogP contribution in [0.4, 0.5) is 0 Å². The average molecular weight is 372 g/mol.